The Morgan fingerprint density at radius 2 is 2.00 bits per heavy atom. The van der Waals surface area contributed by atoms with E-state index in [2.05, 4.69) is 20.7 Å². The molecule has 0 aliphatic rings. The molecule has 1 heterocycles. The van der Waals surface area contributed by atoms with Crippen molar-refractivity contribution in [1.29, 1.82) is 0 Å². The molecular weight excluding hydrogens is 206 g/mol. The Balaban J connectivity index is 2.88. The quantitative estimate of drug-likeness (QED) is 0.430. The number of aromatic nitrogens is 2. The molecule has 90 valence electrons. The number of aliphatic hydroxyl groups is 1. The summed E-state index contributed by atoms with van der Waals surface area (Å²) in [4.78, 5) is 8.11. The number of nitrogen functional groups attached to an aromatic ring is 1. The van der Waals surface area contributed by atoms with Crippen LogP contribution in [0.1, 0.15) is 19.4 Å². The van der Waals surface area contributed by atoms with Crippen LogP contribution in [0.25, 0.3) is 0 Å². The van der Waals surface area contributed by atoms with Gasteiger partial charge in [-0.05, 0) is 12.8 Å². The molecule has 5 N–H and O–H groups in total. The average molecular weight is 225 g/mol. The van der Waals surface area contributed by atoms with Crippen molar-refractivity contribution in [1.82, 2.24) is 9.97 Å². The molecular formula is C10H19N5O. The first kappa shape index (κ1) is 12.7. The SMILES string of the molecule is Cc1c(NN)ncnc1NC(CO)C(C)C. The van der Waals surface area contributed by atoms with Crippen LogP contribution in [0.3, 0.4) is 0 Å². The van der Waals surface area contributed by atoms with E-state index in [0.717, 1.165) is 5.56 Å². The Bertz CT molecular complexity index is 342. The highest BCUT2D eigenvalue weighted by Gasteiger charge is 2.14. The molecule has 1 aromatic heterocycles. The maximum atomic E-state index is 9.23. The van der Waals surface area contributed by atoms with Crippen molar-refractivity contribution in [3.8, 4) is 0 Å². The van der Waals surface area contributed by atoms with Gasteiger partial charge in [0, 0.05) is 5.56 Å². The van der Waals surface area contributed by atoms with Crippen molar-refractivity contribution in [2.24, 2.45) is 11.8 Å². The Hall–Kier alpha value is -1.40. The van der Waals surface area contributed by atoms with Crippen LogP contribution in [0, 0.1) is 12.8 Å². The fraction of sp³-hybridized carbons (Fsp3) is 0.600. The molecule has 1 aromatic rings. The van der Waals surface area contributed by atoms with Gasteiger partial charge in [-0.15, -0.1) is 0 Å². The van der Waals surface area contributed by atoms with E-state index in [0.29, 0.717) is 17.6 Å². The van der Waals surface area contributed by atoms with Crippen LogP contribution < -0.4 is 16.6 Å². The summed E-state index contributed by atoms with van der Waals surface area (Å²) < 4.78 is 0. The molecule has 6 nitrogen and oxygen atoms in total. The molecule has 0 aliphatic carbocycles. The van der Waals surface area contributed by atoms with Crippen LogP contribution in [0.15, 0.2) is 6.33 Å². The molecule has 0 saturated heterocycles. The summed E-state index contributed by atoms with van der Waals surface area (Å²) in [6.07, 6.45) is 1.43. The van der Waals surface area contributed by atoms with E-state index in [1.54, 1.807) is 0 Å². The molecule has 0 bridgehead atoms. The standard InChI is InChI=1S/C10H19N5O/c1-6(2)8(4-16)14-9-7(3)10(15-11)13-5-12-9/h5-6,8,16H,4,11H2,1-3H3,(H2,12,13,14,15). The molecule has 0 aromatic carbocycles. The lowest BCUT2D eigenvalue weighted by atomic mass is 10.1. The maximum absolute atomic E-state index is 9.23. The van der Waals surface area contributed by atoms with Gasteiger partial charge in [0.2, 0.25) is 0 Å². The number of rotatable bonds is 5. The predicted molar refractivity (Wildman–Crippen MR) is 63.9 cm³/mol. The fourth-order valence-electron chi connectivity index (χ4n) is 1.34. The summed E-state index contributed by atoms with van der Waals surface area (Å²) in [7, 11) is 0. The molecule has 1 rings (SSSR count). The number of nitrogens with one attached hydrogen (secondary N) is 2. The van der Waals surface area contributed by atoms with Gasteiger partial charge in [-0.25, -0.2) is 15.8 Å². The molecule has 0 saturated carbocycles. The van der Waals surface area contributed by atoms with Crippen molar-refractivity contribution >= 4 is 11.6 Å². The highest BCUT2D eigenvalue weighted by Crippen LogP contribution is 2.19. The highest BCUT2D eigenvalue weighted by molar-refractivity contribution is 5.56. The first-order chi connectivity index (χ1) is 7.60. The minimum Gasteiger partial charge on any atom is -0.394 e. The lowest BCUT2D eigenvalue weighted by Gasteiger charge is -2.21. The third-order valence-electron chi connectivity index (χ3n) is 2.54. The van der Waals surface area contributed by atoms with E-state index in [1.807, 2.05) is 20.8 Å². The number of aliphatic hydroxyl groups excluding tert-OH is 1. The summed E-state index contributed by atoms with van der Waals surface area (Å²) in [5.41, 5.74) is 3.34. The normalized spacial score (nSPS) is 12.6. The lowest BCUT2D eigenvalue weighted by molar-refractivity contribution is 0.249. The lowest BCUT2D eigenvalue weighted by Crippen LogP contribution is -2.30. The molecule has 1 unspecified atom stereocenters. The number of nitrogens with zero attached hydrogens (tertiary/aromatic N) is 2. The van der Waals surface area contributed by atoms with Crippen molar-refractivity contribution < 1.29 is 5.11 Å². The predicted octanol–water partition coefficient (Wildman–Crippen LogP) is 0.499. The Labute approximate surface area is 95.3 Å². The van der Waals surface area contributed by atoms with Gasteiger partial charge in [0.05, 0.1) is 12.6 Å². The van der Waals surface area contributed by atoms with Gasteiger partial charge >= 0.3 is 0 Å². The zero-order valence-electron chi connectivity index (χ0n) is 9.86. The zero-order valence-corrected chi connectivity index (χ0v) is 9.86. The fourth-order valence-corrected chi connectivity index (χ4v) is 1.34. The average Bonchev–Trinajstić information content (AvgIpc) is 2.27. The zero-order chi connectivity index (χ0) is 12.1. The maximum Gasteiger partial charge on any atom is 0.148 e. The Morgan fingerprint density at radius 1 is 1.38 bits per heavy atom. The second kappa shape index (κ2) is 5.62. The summed E-state index contributed by atoms with van der Waals surface area (Å²) >= 11 is 0. The van der Waals surface area contributed by atoms with Crippen molar-refractivity contribution in [3.63, 3.8) is 0 Å². The van der Waals surface area contributed by atoms with Crippen molar-refractivity contribution in [3.05, 3.63) is 11.9 Å². The molecule has 0 aliphatic heterocycles. The number of hydrogen-bond acceptors (Lipinski definition) is 6. The van der Waals surface area contributed by atoms with Gasteiger partial charge in [0.15, 0.2) is 0 Å². The third-order valence-corrected chi connectivity index (χ3v) is 2.54. The van der Waals surface area contributed by atoms with Gasteiger partial charge in [0.25, 0.3) is 0 Å². The van der Waals surface area contributed by atoms with E-state index in [9.17, 15) is 5.11 Å². The topological polar surface area (TPSA) is 96.1 Å². The van der Waals surface area contributed by atoms with Gasteiger partial charge in [0.1, 0.15) is 18.0 Å². The van der Waals surface area contributed by atoms with Crippen LogP contribution in [0.5, 0.6) is 0 Å². The molecule has 0 radical (unpaired) electrons. The van der Waals surface area contributed by atoms with E-state index in [4.69, 9.17) is 5.84 Å². The summed E-state index contributed by atoms with van der Waals surface area (Å²) in [5.74, 6) is 6.91. The molecule has 0 fully saturated rings. The molecule has 0 amide bonds. The Kier molecular flexibility index (Phi) is 4.45. The molecule has 0 spiro atoms. The number of hydrogen-bond donors (Lipinski definition) is 4. The number of anilines is 2. The van der Waals surface area contributed by atoms with E-state index < -0.39 is 0 Å². The highest BCUT2D eigenvalue weighted by atomic mass is 16.3. The largest absolute Gasteiger partial charge is 0.394 e. The minimum atomic E-state index is -0.0285. The minimum absolute atomic E-state index is 0.0285. The van der Waals surface area contributed by atoms with Gasteiger partial charge in [-0.1, -0.05) is 13.8 Å². The van der Waals surface area contributed by atoms with Crippen LogP contribution in [0.4, 0.5) is 11.6 Å². The molecule has 6 heteroatoms. The third kappa shape index (κ3) is 2.80. The van der Waals surface area contributed by atoms with Crippen LogP contribution in [0.2, 0.25) is 0 Å². The van der Waals surface area contributed by atoms with E-state index in [1.165, 1.54) is 6.33 Å². The van der Waals surface area contributed by atoms with Gasteiger partial charge < -0.3 is 15.8 Å². The Morgan fingerprint density at radius 3 is 2.50 bits per heavy atom. The van der Waals surface area contributed by atoms with Crippen LogP contribution >= 0.6 is 0 Å². The number of hydrazine groups is 1. The first-order valence-corrected chi connectivity index (χ1v) is 5.25. The van der Waals surface area contributed by atoms with Gasteiger partial charge in [-0.2, -0.15) is 0 Å². The summed E-state index contributed by atoms with van der Waals surface area (Å²) in [5, 5.41) is 12.4. The van der Waals surface area contributed by atoms with Crippen molar-refractivity contribution in [2.45, 2.75) is 26.8 Å². The monoisotopic (exact) mass is 225 g/mol. The molecule has 1 atom stereocenters. The van der Waals surface area contributed by atoms with Crippen LogP contribution in [-0.4, -0.2) is 27.7 Å². The van der Waals surface area contributed by atoms with Crippen LogP contribution in [-0.2, 0) is 0 Å². The number of nitrogens with two attached hydrogens (primary N) is 1. The summed E-state index contributed by atoms with van der Waals surface area (Å²) in [6.45, 7) is 6.00. The summed E-state index contributed by atoms with van der Waals surface area (Å²) in [6, 6.07) is -0.0285. The smallest absolute Gasteiger partial charge is 0.148 e. The first-order valence-electron chi connectivity index (χ1n) is 5.25. The second-order valence-electron chi connectivity index (χ2n) is 4.02. The van der Waals surface area contributed by atoms with Crippen molar-refractivity contribution in [2.75, 3.05) is 17.3 Å². The second-order valence-corrected chi connectivity index (χ2v) is 4.02. The van der Waals surface area contributed by atoms with Gasteiger partial charge in [-0.3, -0.25) is 0 Å². The molecule has 16 heavy (non-hydrogen) atoms. The van der Waals surface area contributed by atoms with E-state index >= 15 is 0 Å². The van der Waals surface area contributed by atoms with E-state index in [-0.39, 0.29) is 12.6 Å².